The van der Waals surface area contributed by atoms with Crippen molar-refractivity contribution in [2.75, 3.05) is 6.61 Å². The Balaban J connectivity index is 3.68. The zero-order chi connectivity index (χ0) is 32.2. The van der Waals surface area contributed by atoms with Crippen molar-refractivity contribution in [3.8, 4) is 0 Å². The van der Waals surface area contributed by atoms with Crippen LogP contribution in [0.3, 0.4) is 0 Å². The van der Waals surface area contributed by atoms with E-state index in [4.69, 9.17) is 0 Å². The molecule has 0 radical (unpaired) electrons. The summed E-state index contributed by atoms with van der Waals surface area (Å²) < 4.78 is 0. The largest absolute Gasteiger partial charge is 0.394 e. The fourth-order valence-electron chi connectivity index (χ4n) is 5.60. The molecule has 0 heterocycles. The summed E-state index contributed by atoms with van der Waals surface area (Å²) in [6.07, 6.45) is 46.6. The molecule has 0 bridgehead atoms. The summed E-state index contributed by atoms with van der Waals surface area (Å²) >= 11 is 0. The second-order valence-corrected chi connectivity index (χ2v) is 13.0. The van der Waals surface area contributed by atoms with Crippen LogP contribution < -0.4 is 5.32 Å². The highest BCUT2D eigenvalue weighted by atomic mass is 16.3. The molecular formula is C40H75NO3. The molecule has 0 spiro atoms. The first-order valence-electron chi connectivity index (χ1n) is 19.2. The molecule has 0 saturated heterocycles. The molecule has 0 saturated carbocycles. The van der Waals surface area contributed by atoms with E-state index in [0.29, 0.717) is 6.42 Å². The van der Waals surface area contributed by atoms with Crippen molar-refractivity contribution < 1.29 is 15.0 Å². The number of amides is 1. The van der Waals surface area contributed by atoms with Gasteiger partial charge in [-0.25, -0.2) is 0 Å². The summed E-state index contributed by atoms with van der Waals surface area (Å²) in [7, 11) is 0. The van der Waals surface area contributed by atoms with Gasteiger partial charge < -0.3 is 15.5 Å². The van der Waals surface area contributed by atoms with Gasteiger partial charge in [-0.3, -0.25) is 4.79 Å². The summed E-state index contributed by atoms with van der Waals surface area (Å²) in [6.45, 7) is 4.28. The minimum absolute atomic E-state index is 0.0838. The predicted octanol–water partition coefficient (Wildman–Crippen LogP) is 11.5. The van der Waals surface area contributed by atoms with Crippen molar-refractivity contribution in [3.05, 3.63) is 36.5 Å². The quantitative estimate of drug-likeness (QED) is 0.0497. The summed E-state index contributed by atoms with van der Waals surface area (Å²) in [6, 6.07) is -0.640. The van der Waals surface area contributed by atoms with Gasteiger partial charge in [-0.1, -0.05) is 166 Å². The van der Waals surface area contributed by atoms with Crippen LogP contribution in [0.2, 0.25) is 0 Å². The van der Waals surface area contributed by atoms with E-state index >= 15 is 0 Å². The van der Waals surface area contributed by atoms with E-state index in [-0.39, 0.29) is 12.5 Å². The highest BCUT2D eigenvalue weighted by Crippen LogP contribution is 2.13. The standard InChI is InChI=1S/C40H75NO3/c1-3-5-7-9-11-13-15-17-19-20-22-23-25-27-29-31-33-35-39(43)38(37-42)41-40(44)36-34-32-30-28-26-24-21-18-16-14-12-10-8-6-4-2/h18,21,25,27,33,35,38-39,42-43H,3-17,19-20,22-24,26,28-32,34,36-37H2,1-2H3,(H,41,44)/b21-18-,27-25+,35-33+. The molecule has 4 nitrogen and oxygen atoms in total. The molecule has 0 aliphatic rings. The number of aliphatic hydroxyl groups is 2. The normalized spacial score (nSPS) is 13.5. The minimum Gasteiger partial charge on any atom is -0.394 e. The van der Waals surface area contributed by atoms with E-state index in [2.05, 4.69) is 43.5 Å². The second-order valence-electron chi connectivity index (χ2n) is 13.0. The number of unbranched alkanes of at least 4 members (excludes halogenated alkanes) is 23. The molecule has 0 aromatic rings. The molecule has 2 unspecified atom stereocenters. The lowest BCUT2D eigenvalue weighted by atomic mass is 10.1. The Morgan fingerprint density at radius 2 is 0.886 bits per heavy atom. The maximum absolute atomic E-state index is 12.3. The van der Waals surface area contributed by atoms with Crippen LogP contribution in [0.15, 0.2) is 36.5 Å². The van der Waals surface area contributed by atoms with Gasteiger partial charge in [-0.2, -0.15) is 0 Å². The van der Waals surface area contributed by atoms with Gasteiger partial charge in [0, 0.05) is 6.42 Å². The van der Waals surface area contributed by atoms with Crippen LogP contribution in [0.5, 0.6) is 0 Å². The maximum Gasteiger partial charge on any atom is 0.220 e. The molecule has 4 heteroatoms. The fraction of sp³-hybridized carbons (Fsp3) is 0.825. The van der Waals surface area contributed by atoms with Gasteiger partial charge in [0.1, 0.15) is 0 Å². The molecule has 258 valence electrons. The highest BCUT2D eigenvalue weighted by Gasteiger charge is 2.17. The average Bonchev–Trinajstić information content (AvgIpc) is 3.03. The molecule has 1 amide bonds. The van der Waals surface area contributed by atoms with E-state index in [1.165, 1.54) is 128 Å². The van der Waals surface area contributed by atoms with Gasteiger partial charge in [0.05, 0.1) is 18.8 Å². The van der Waals surface area contributed by atoms with Crippen molar-refractivity contribution in [3.63, 3.8) is 0 Å². The second kappa shape index (κ2) is 36.1. The van der Waals surface area contributed by atoms with Gasteiger partial charge in [0.15, 0.2) is 0 Å². The first-order valence-corrected chi connectivity index (χ1v) is 19.2. The maximum atomic E-state index is 12.3. The monoisotopic (exact) mass is 618 g/mol. The Bertz CT molecular complexity index is 672. The molecular weight excluding hydrogens is 542 g/mol. The van der Waals surface area contributed by atoms with Gasteiger partial charge >= 0.3 is 0 Å². The molecule has 44 heavy (non-hydrogen) atoms. The Morgan fingerprint density at radius 3 is 1.32 bits per heavy atom. The third kappa shape index (κ3) is 32.0. The predicted molar refractivity (Wildman–Crippen MR) is 193 cm³/mol. The Morgan fingerprint density at radius 1 is 0.523 bits per heavy atom. The molecule has 2 atom stereocenters. The van der Waals surface area contributed by atoms with Crippen molar-refractivity contribution >= 4 is 5.91 Å². The molecule has 3 N–H and O–H groups in total. The average molecular weight is 618 g/mol. The zero-order valence-electron chi connectivity index (χ0n) is 29.4. The van der Waals surface area contributed by atoms with Crippen molar-refractivity contribution in [2.24, 2.45) is 0 Å². The first kappa shape index (κ1) is 42.6. The van der Waals surface area contributed by atoms with Crippen LogP contribution in [0, 0.1) is 0 Å². The van der Waals surface area contributed by atoms with Crippen LogP contribution in [0.4, 0.5) is 0 Å². The number of carbonyl (C=O) groups excluding carboxylic acids is 1. The van der Waals surface area contributed by atoms with E-state index in [1.807, 2.05) is 6.08 Å². The summed E-state index contributed by atoms with van der Waals surface area (Å²) in [5.74, 6) is -0.0838. The smallest absolute Gasteiger partial charge is 0.220 e. The number of aliphatic hydroxyl groups excluding tert-OH is 2. The molecule has 0 aromatic heterocycles. The van der Waals surface area contributed by atoms with Gasteiger partial charge in [0.25, 0.3) is 0 Å². The van der Waals surface area contributed by atoms with E-state index in [1.54, 1.807) is 6.08 Å². The Hall–Kier alpha value is -1.39. The Labute approximate surface area is 274 Å². The van der Waals surface area contributed by atoms with Crippen molar-refractivity contribution in [1.82, 2.24) is 5.32 Å². The van der Waals surface area contributed by atoms with Crippen molar-refractivity contribution in [2.45, 2.75) is 206 Å². The number of rotatable bonds is 34. The van der Waals surface area contributed by atoms with Crippen LogP contribution in [0.25, 0.3) is 0 Å². The summed E-state index contributed by atoms with van der Waals surface area (Å²) in [5.41, 5.74) is 0. The fourth-order valence-corrected chi connectivity index (χ4v) is 5.60. The van der Waals surface area contributed by atoms with Gasteiger partial charge in [0.2, 0.25) is 5.91 Å². The number of hydrogen-bond acceptors (Lipinski definition) is 3. The van der Waals surface area contributed by atoms with Crippen LogP contribution in [-0.4, -0.2) is 34.9 Å². The lowest BCUT2D eigenvalue weighted by molar-refractivity contribution is -0.123. The minimum atomic E-state index is -0.863. The third-order valence-corrected chi connectivity index (χ3v) is 8.60. The Kier molecular flexibility index (Phi) is 34.9. The molecule has 0 aliphatic heterocycles. The van der Waals surface area contributed by atoms with Crippen LogP contribution in [-0.2, 0) is 4.79 Å². The molecule has 0 aliphatic carbocycles. The zero-order valence-corrected chi connectivity index (χ0v) is 29.4. The summed E-state index contributed by atoms with van der Waals surface area (Å²) in [4.78, 5) is 12.3. The van der Waals surface area contributed by atoms with E-state index in [9.17, 15) is 15.0 Å². The number of allylic oxidation sites excluding steroid dienone is 5. The third-order valence-electron chi connectivity index (χ3n) is 8.60. The van der Waals surface area contributed by atoms with Crippen molar-refractivity contribution in [1.29, 1.82) is 0 Å². The lowest BCUT2D eigenvalue weighted by Gasteiger charge is -2.19. The highest BCUT2D eigenvalue weighted by molar-refractivity contribution is 5.76. The van der Waals surface area contributed by atoms with E-state index in [0.717, 1.165) is 44.9 Å². The number of hydrogen-bond donors (Lipinski definition) is 3. The first-order chi connectivity index (χ1) is 21.7. The van der Waals surface area contributed by atoms with Crippen LogP contribution >= 0.6 is 0 Å². The SMILES string of the molecule is CCCCCCCC/C=C\CCCCCCCC(=O)NC(CO)C(O)/C=C/CC/C=C/CCCCCCCCCCCCC. The van der Waals surface area contributed by atoms with E-state index < -0.39 is 12.1 Å². The lowest BCUT2D eigenvalue weighted by Crippen LogP contribution is -2.45. The van der Waals surface area contributed by atoms with Crippen LogP contribution in [0.1, 0.15) is 194 Å². The summed E-state index contributed by atoms with van der Waals surface area (Å²) in [5, 5.41) is 22.9. The number of nitrogens with one attached hydrogen (secondary N) is 1. The topological polar surface area (TPSA) is 69.6 Å². The molecule has 0 aromatic carbocycles. The van der Waals surface area contributed by atoms with Gasteiger partial charge in [-0.05, 0) is 57.8 Å². The van der Waals surface area contributed by atoms with Gasteiger partial charge in [-0.15, -0.1) is 0 Å². The molecule has 0 rings (SSSR count). The number of carbonyl (C=O) groups is 1. The molecule has 0 fully saturated rings.